The molecule has 1 aromatic rings. The van der Waals surface area contributed by atoms with E-state index in [9.17, 15) is 8.78 Å². The molecule has 0 radical (unpaired) electrons. The second kappa shape index (κ2) is 6.61. The highest BCUT2D eigenvalue weighted by Gasteiger charge is 2.34. The molecule has 1 heterocycles. The van der Waals surface area contributed by atoms with E-state index in [2.05, 4.69) is 18.7 Å². The van der Waals surface area contributed by atoms with Gasteiger partial charge in [-0.1, -0.05) is 24.3 Å². The lowest BCUT2D eigenvalue weighted by Crippen LogP contribution is -2.50. The fraction of sp³-hybridized carbons (Fsp3) is 0.600. The van der Waals surface area contributed by atoms with Crippen LogP contribution >= 0.6 is 0 Å². The van der Waals surface area contributed by atoms with Crippen LogP contribution in [-0.2, 0) is 4.74 Å². The minimum Gasteiger partial charge on any atom is -0.374 e. The number of rotatable bonds is 4. The fourth-order valence-corrected chi connectivity index (χ4v) is 2.77. The smallest absolute Gasteiger partial charge is 0.263 e. The van der Waals surface area contributed by atoms with E-state index < -0.39 is 6.43 Å². The van der Waals surface area contributed by atoms with Crippen molar-refractivity contribution in [2.24, 2.45) is 5.73 Å². The van der Waals surface area contributed by atoms with Crippen LogP contribution in [0.15, 0.2) is 24.3 Å². The Morgan fingerprint density at radius 1 is 1.30 bits per heavy atom. The number of benzene rings is 1. The number of ether oxygens (including phenoxy) is 1. The predicted octanol–water partition coefficient (Wildman–Crippen LogP) is 2.73. The maximum absolute atomic E-state index is 12.6. The minimum absolute atomic E-state index is 0.0282. The molecule has 1 aliphatic rings. The summed E-state index contributed by atoms with van der Waals surface area (Å²) in [5, 5.41) is 0. The monoisotopic (exact) mass is 284 g/mol. The number of nitrogens with zero attached hydrogens (tertiary/aromatic N) is 1. The van der Waals surface area contributed by atoms with Gasteiger partial charge in [0.05, 0.1) is 18.8 Å². The Bertz CT molecular complexity index is 422. The van der Waals surface area contributed by atoms with Crippen LogP contribution in [0, 0.1) is 0 Å². The maximum atomic E-state index is 12.6. The number of halogens is 2. The second-order valence-corrected chi connectivity index (χ2v) is 5.39. The first-order valence-corrected chi connectivity index (χ1v) is 7.00. The number of hydrogen-bond acceptors (Lipinski definition) is 3. The van der Waals surface area contributed by atoms with Crippen molar-refractivity contribution in [2.75, 3.05) is 19.7 Å². The van der Waals surface area contributed by atoms with Crippen LogP contribution in [0.25, 0.3) is 0 Å². The van der Waals surface area contributed by atoms with Crippen molar-refractivity contribution >= 4 is 0 Å². The molecule has 112 valence electrons. The molecule has 1 fully saturated rings. The molecule has 2 rings (SSSR count). The van der Waals surface area contributed by atoms with Crippen LogP contribution in [0.4, 0.5) is 8.78 Å². The first-order chi connectivity index (χ1) is 9.54. The molecule has 2 N–H and O–H groups in total. The summed E-state index contributed by atoms with van der Waals surface area (Å²) in [6.45, 7) is 6.16. The zero-order valence-corrected chi connectivity index (χ0v) is 11.9. The Morgan fingerprint density at radius 2 is 1.95 bits per heavy atom. The summed E-state index contributed by atoms with van der Waals surface area (Å²) in [6.07, 6.45) is -2.53. The Hall–Kier alpha value is -1.04. The van der Waals surface area contributed by atoms with Crippen LogP contribution in [0.3, 0.4) is 0 Å². The fourth-order valence-electron chi connectivity index (χ4n) is 2.77. The molecule has 0 aromatic heterocycles. The second-order valence-electron chi connectivity index (χ2n) is 5.39. The van der Waals surface area contributed by atoms with Crippen molar-refractivity contribution in [3.63, 3.8) is 0 Å². The van der Waals surface area contributed by atoms with E-state index in [0.717, 1.165) is 12.1 Å². The first-order valence-electron chi connectivity index (χ1n) is 7.00. The topological polar surface area (TPSA) is 38.5 Å². The molecular weight excluding hydrogens is 262 g/mol. The Labute approximate surface area is 118 Å². The quantitative estimate of drug-likeness (QED) is 0.924. The molecule has 1 saturated heterocycles. The van der Waals surface area contributed by atoms with Gasteiger partial charge >= 0.3 is 0 Å². The Kier molecular flexibility index (Phi) is 5.07. The summed E-state index contributed by atoms with van der Waals surface area (Å²) in [7, 11) is 0. The lowest BCUT2D eigenvalue weighted by atomic mass is 9.95. The van der Waals surface area contributed by atoms with Gasteiger partial charge in [0.25, 0.3) is 6.43 Å². The summed E-state index contributed by atoms with van der Waals surface area (Å²) in [4.78, 5) is 2.32. The van der Waals surface area contributed by atoms with Gasteiger partial charge < -0.3 is 10.5 Å². The van der Waals surface area contributed by atoms with Crippen molar-refractivity contribution in [1.82, 2.24) is 4.90 Å². The summed E-state index contributed by atoms with van der Waals surface area (Å²) in [5.41, 5.74) is 6.83. The van der Waals surface area contributed by atoms with Gasteiger partial charge in [0.1, 0.15) is 0 Å². The molecule has 0 saturated carbocycles. The lowest BCUT2D eigenvalue weighted by molar-refractivity contribution is -0.0789. The van der Waals surface area contributed by atoms with Crippen LogP contribution in [0.5, 0.6) is 0 Å². The normalized spacial score (nSPS) is 24.6. The van der Waals surface area contributed by atoms with Crippen LogP contribution in [-0.4, -0.2) is 36.7 Å². The highest BCUT2D eigenvalue weighted by molar-refractivity contribution is 5.27. The molecule has 0 bridgehead atoms. The van der Waals surface area contributed by atoms with Crippen molar-refractivity contribution in [1.29, 1.82) is 0 Å². The Morgan fingerprint density at radius 3 is 2.45 bits per heavy atom. The van der Waals surface area contributed by atoms with Gasteiger partial charge in [0.15, 0.2) is 0 Å². The van der Waals surface area contributed by atoms with Gasteiger partial charge in [0, 0.05) is 24.7 Å². The summed E-state index contributed by atoms with van der Waals surface area (Å²) in [5.74, 6) is 0. The third-order valence-electron chi connectivity index (χ3n) is 3.82. The van der Waals surface area contributed by atoms with E-state index in [4.69, 9.17) is 10.5 Å². The first kappa shape index (κ1) is 15.4. The number of nitrogens with two attached hydrogens (primary N) is 1. The molecule has 2 atom stereocenters. The van der Waals surface area contributed by atoms with Crippen molar-refractivity contribution < 1.29 is 13.5 Å². The van der Waals surface area contributed by atoms with Crippen molar-refractivity contribution in [3.8, 4) is 0 Å². The van der Waals surface area contributed by atoms with Gasteiger partial charge in [-0.2, -0.15) is 0 Å². The Balaban J connectivity index is 2.28. The third kappa shape index (κ3) is 3.16. The number of hydrogen-bond donors (Lipinski definition) is 1. The summed E-state index contributed by atoms with van der Waals surface area (Å²) in [6, 6.07) is 6.88. The van der Waals surface area contributed by atoms with Crippen molar-refractivity contribution in [3.05, 3.63) is 35.4 Å². The number of morpholine rings is 1. The van der Waals surface area contributed by atoms with Crippen LogP contribution < -0.4 is 5.73 Å². The summed E-state index contributed by atoms with van der Waals surface area (Å²) < 4.78 is 31.0. The highest BCUT2D eigenvalue weighted by atomic mass is 19.3. The third-order valence-corrected chi connectivity index (χ3v) is 3.82. The molecule has 2 unspecified atom stereocenters. The largest absolute Gasteiger partial charge is 0.374 e. The summed E-state index contributed by atoms with van der Waals surface area (Å²) >= 11 is 0. The van der Waals surface area contributed by atoms with Crippen LogP contribution in [0.2, 0.25) is 0 Å². The van der Waals surface area contributed by atoms with Gasteiger partial charge in [-0.25, -0.2) is 8.78 Å². The number of alkyl halides is 2. The molecule has 1 aromatic carbocycles. The van der Waals surface area contributed by atoms with E-state index in [-0.39, 0.29) is 17.7 Å². The molecule has 20 heavy (non-hydrogen) atoms. The molecule has 1 aliphatic heterocycles. The van der Waals surface area contributed by atoms with E-state index in [1.165, 1.54) is 12.1 Å². The molecule has 0 spiro atoms. The van der Waals surface area contributed by atoms with Crippen molar-refractivity contribution in [2.45, 2.75) is 38.5 Å². The SMILES string of the molecule is CC(C)N1CCOC(CN)C1c1ccc(C(F)F)cc1. The molecule has 5 heteroatoms. The molecule has 0 amide bonds. The van der Waals surface area contributed by atoms with Gasteiger partial charge in [-0.05, 0) is 19.4 Å². The standard InChI is InChI=1S/C15H22F2N2O/c1-10(2)19-7-8-20-13(9-18)14(19)11-3-5-12(6-4-11)15(16)17/h3-6,10,13-15H,7-9,18H2,1-2H3. The van der Waals surface area contributed by atoms with E-state index in [1.807, 2.05) is 0 Å². The van der Waals surface area contributed by atoms with Gasteiger partial charge in [0.2, 0.25) is 0 Å². The molecule has 3 nitrogen and oxygen atoms in total. The average Bonchev–Trinajstić information content (AvgIpc) is 2.46. The van der Waals surface area contributed by atoms with E-state index in [0.29, 0.717) is 19.2 Å². The van der Waals surface area contributed by atoms with Gasteiger partial charge in [-0.15, -0.1) is 0 Å². The average molecular weight is 284 g/mol. The predicted molar refractivity (Wildman–Crippen MR) is 74.8 cm³/mol. The zero-order valence-electron chi connectivity index (χ0n) is 11.9. The molecular formula is C15H22F2N2O. The maximum Gasteiger partial charge on any atom is 0.263 e. The van der Waals surface area contributed by atoms with E-state index in [1.54, 1.807) is 12.1 Å². The lowest BCUT2D eigenvalue weighted by Gasteiger charge is -2.43. The van der Waals surface area contributed by atoms with Gasteiger partial charge in [-0.3, -0.25) is 4.90 Å². The van der Waals surface area contributed by atoms with Crippen LogP contribution in [0.1, 0.15) is 37.4 Å². The van der Waals surface area contributed by atoms with E-state index >= 15 is 0 Å². The minimum atomic E-state index is -2.43. The molecule has 0 aliphatic carbocycles. The zero-order chi connectivity index (χ0) is 14.7. The highest BCUT2D eigenvalue weighted by Crippen LogP contribution is 2.32.